The molecule has 1 heterocycles. The third-order valence-corrected chi connectivity index (χ3v) is 2.47. The maximum Gasteiger partial charge on any atom is 0.203 e. The maximum atomic E-state index is 7.02. The van der Waals surface area contributed by atoms with Gasteiger partial charge in [0, 0.05) is 11.8 Å². The maximum absolute atomic E-state index is 7.02. The van der Waals surface area contributed by atoms with Gasteiger partial charge in [-0.25, -0.2) is 0 Å². The van der Waals surface area contributed by atoms with Crippen molar-refractivity contribution >= 4 is 11.9 Å². The number of ether oxygens (including phenoxy) is 1. The number of hydrazone groups is 1. The number of rotatable bonds is 6. The van der Waals surface area contributed by atoms with E-state index in [1.807, 2.05) is 24.3 Å². The molecule has 2 rings (SSSR count). The van der Waals surface area contributed by atoms with Crippen LogP contribution in [-0.2, 0) is 11.3 Å². The number of nitrogens with two attached hydrogens (primary N) is 1. The fourth-order valence-corrected chi connectivity index (χ4v) is 1.46. The molecule has 0 unspecified atom stereocenters. The molecule has 2 aromatic rings. The van der Waals surface area contributed by atoms with Crippen LogP contribution in [0.3, 0.4) is 0 Å². The van der Waals surface area contributed by atoms with Crippen LogP contribution in [0.2, 0.25) is 0 Å². The van der Waals surface area contributed by atoms with E-state index in [0.29, 0.717) is 18.1 Å². The molecule has 8 heteroatoms. The van der Waals surface area contributed by atoms with Crippen LogP contribution in [0.5, 0.6) is 0 Å². The Morgan fingerprint density at radius 1 is 1.25 bits per heavy atom. The third-order valence-electron chi connectivity index (χ3n) is 2.47. The van der Waals surface area contributed by atoms with E-state index in [4.69, 9.17) is 16.0 Å². The van der Waals surface area contributed by atoms with Gasteiger partial charge in [-0.05, 0) is 5.56 Å². The van der Waals surface area contributed by atoms with Gasteiger partial charge in [0.2, 0.25) is 5.82 Å². The van der Waals surface area contributed by atoms with Crippen molar-refractivity contribution in [1.82, 2.24) is 20.4 Å². The minimum absolute atomic E-state index is 0.206. The van der Waals surface area contributed by atoms with Crippen LogP contribution in [0.25, 0.3) is 11.4 Å². The van der Waals surface area contributed by atoms with Crippen LogP contribution in [-0.4, -0.2) is 38.9 Å². The second kappa shape index (κ2) is 7.00. The van der Waals surface area contributed by atoms with Gasteiger partial charge in [0.25, 0.3) is 0 Å². The van der Waals surface area contributed by atoms with Crippen molar-refractivity contribution in [3.63, 3.8) is 0 Å². The van der Waals surface area contributed by atoms with Gasteiger partial charge < -0.3 is 16.0 Å². The molecule has 3 N–H and O–H groups in total. The van der Waals surface area contributed by atoms with Crippen molar-refractivity contribution in [3.8, 4) is 11.4 Å². The molecule has 0 fully saturated rings. The SMILES string of the molecule is N=CC(COCc1ccc(-c2nncnn2)cc1)=NN. The zero-order valence-electron chi connectivity index (χ0n) is 10.6. The van der Waals surface area contributed by atoms with E-state index in [-0.39, 0.29) is 6.61 Å². The van der Waals surface area contributed by atoms with E-state index in [2.05, 4.69) is 25.5 Å². The van der Waals surface area contributed by atoms with Crippen LogP contribution in [0.1, 0.15) is 5.56 Å². The molecule has 0 aliphatic heterocycles. The number of nitrogens with zero attached hydrogens (tertiary/aromatic N) is 5. The summed E-state index contributed by atoms with van der Waals surface area (Å²) in [5.74, 6) is 5.55. The topological polar surface area (TPSA) is 123 Å². The highest BCUT2D eigenvalue weighted by atomic mass is 16.5. The van der Waals surface area contributed by atoms with Crippen LogP contribution >= 0.6 is 0 Å². The number of benzene rings is 1. The third kappa shape index (κ3) is 3.62. The molecule has 102 valence electrons. The van der Waals surface area contributed by atoms with E-state index in [9.17, 15) is 0 Å². The van der Waals surface area contributed by atoms with Crippen LogP contribution in [0.15, 0.2) is 35.7 Å². The summed E-state index contributed by atoms with van der Waals surface area (Å²) in [6, 6.07) is 7.53. The highest BCUT2D eigenvalue weighted by Gasteiger charge is 2.02. The molecular formula is C12H13N7O. The Morgan fingerprint density at radius 2 is 1.95 bits per heavy atom. The molecular weight excluding hydrogens is 258 g/mol. The normalized spacial score (nSPS) is 11.3. The number of hydrogen-bond donors (Lipinski definition) is 2. The van der Waals surface area contributed by atoms with E-state index >= 15 is 0 Å². The predicted octanol–water partition coefficient (Wildman–Crippen LogP) is 0.414. The standard InChI is InChI=1S/C12H13N7O/c13-5-11(17-14)7-20-6-9-1-3-10(4-2-9)12-18-15-8-16-19-12/h1-5,8,13H,6-7,14H2. The fourth-order valence-electron chi connectivity index (χ4n) is 1.46. The number of nitrogens with one attached hydrogen (secondary N) is 1. The molecule has 0 amide bonds. The Bertz CT molecular complexity index is 583. The first-order valence-corrected chi connectivity index (χ1v) is 5.78. The molecule has 0 spiro atoms. The Morgan fingerprint density at radius 3 is 2.55 bits per heavy atom. The Hall–Kier alpha value is -2.74. The lowest BCUT2D eigenvalue weighted by Crippen LogP contribution is -2.12. The molecule has 0 saturated carbocycles. The van der Waals surface area contributed by atoms with E-state index in [1.54, 1.807) is 0 Å². The number of aromatic nitrogens is 4. The minimum Gasteiger partial charge on any atom is -0.370 e. The first kappa shape index (κ1) is 13.7. The fraction of sp³-hybridized carbons (Fsp3) is 0.167. The molecule has 0 bridgehead atoms. The molecule has 20 heavy (non-hydrogen) atoms. The summed E-state index contributed by atoms with van der Waals surface area (Å²) >= 11 is 0. The van der Waals surface area contributed by atoms with Gasteiger partial charge in [-0.2, -0.15) is 5.10 Å². The lowest BCUT2D eigenvalue weighted by Gasteiger charge is -2.04. The lowest BCUT2D eigenvalue weighted by atomic mass is 10.1. The van der Waals surface area contributed by atoms with Crippen molar-refractivity contribution in [2.24, 2.45) is 10.9 Å². The van der Waals surface area contributed by atoms with Crippen LogP contribution in [0, 0.1) is 5.41 Å². The minimum atomic E-state index is 0.206. The summed E-state index contributed by atoms with van der Waals surface area (Å²) in [5, 5.41) is 25.5. The average Bonchev–Trinajstić information content (AvgIpc) is 2.53. The Balaban J connectivity index is 1.94. The summed E-state index contributed by atoms with van der Waals surface area (Å²) in [6.07, 6.45) is 2.35. The molecule has 1 aromatic heterocycles. The molecule has 0 radical (unpaired) electrons. The summed E-state index contributed by atoms with van der Waals surface area (Å²) < 4.78 is 5.39. The van der Waals surface area contributed by atoms with Crippen molar-refractivity contribution in [1.29, 1.82) is 5.41 Å². The quantitative estimate of drug-likeness (QED) is 0.445. The van der Waals surface area contributed by atoms with Crippen LogP contribution in [0.4, 0.5) is 0 Å². The summed E-state index contributed by atoms with van der Waals surface area (Å²) in [6.45, 7) is 0.608. The van der Waals surface area contributed by atoms with Gasteiger partial charge >= 0.3 is 0 Å². The van der Waals surface area contributed by atoms with Gasteiger partial charge in [-0.3, -0.25) is 0 Å². The summed E-state index contributed by atoms with van der Waals surface area (Å²) in [4.78, 5) is 0. The molecule has 0 aliphatic carbocycles. The summed E-state index contributed by atoms with van der Waals surface area (Å²) in [7, 11) is 0. The monoisotopic (exact) mass is 271 g/mol. The Kier molecular flexibility index (Phi) is 4.79. The summed E-state index contributed by atoms with van der Waals surface area (Å²) in [5.41, 5.74) is 2.20. The largest absolute Gasteiger partial charge is 0.370 e. The van der Waals surface area contributed by atoms with Gasteiger partial charge in [-0.1, -0.05) is 24.3 Å². The number of hydrogen-bond acceptors (Lipinski definition) is 8. The zero-order chi connectivity index (χ0) is 14.2. The molecule has 8 nitrogen and oxygen atoms in total. The highest BCUT2D eigenvalue weighted by molar-refractivity contribution is 6.30. The second-order valence-electron chi connectivity index (χ2n) is 3.82. The van der Waals surface area contributed by atoms with Crippen molar-refractivity contribution in [2.45, 2.75) is 6.61 Å². The van der Waals surface area contributed by atoms with Crippen LogP contribution < -0.4 is 5.84 Å². The highest BCUT2D eigenvalue weighted by Crippen LogP contribution is 2.14. The van der Waals surface area contributed by atoms with Gasteiger partial charge in [0.05, 0.1) is 13.2 Å². The molecule has 0 atom stereocenters. The molecule has 0 saturated heterocycles. The average molecular weight is 271 g/mol. The Labute approximate surface area is 115 Å². The van der Waals surface area contributed by atoms with Crippen molar-refractivity contribution in [3.05, 3.63) is 36.2 Å². The van der Waals surface area contributed by atoms with Gasteiger partial charge in [0.1, 0.15) is 5.71 Å². The van der Waals surface area contributed by atoms with Gasteiger partial charge in [0.15, 0.2) is 6.33 Å². The predicted molar refractivity (Wildman–Crippen MR) is 73.1 cm³/mol. The van der Waals surface area contributed by atoms with Crippen molar-refractivity contribution in [2.75, 3.05) is 6.61 Å². The smallest absolute Gasteiger partial charge is 0.203 e. The molecule has 1 aromatic carbocycles. The van der Waals surface area contributed by atoms with E-state index < -0.39 is 0 Å². The second-order valence-corrected chi connectivity index (χ2v) is 3.82. The van der Waals surface area contributed by atoms with Gasteiger partial charge in [-0.15, -0.1) is 20.4 Å². The first-order chi connectivity index (χ1) is 9.83. The first-order valence-electron chi connectivity index (χ1n) is 5.78. The van der Waals surface area contributed by atoms with E-state index in [0.717, 1.165) is 17.3 Å². The zero-order valence-corrected chi connectivity index (χ0v) is 10.6. The lowest BCUT2D eigenvalue weighted by molar-refractivity contribution is 0.159. The molecule has 0 aliphatic rings. The van der Waals surface area contributed by atoms with Crippen molar-refractivity contribution < 1.29 is 4.74 Å². The van der Waals surface area contributed by atoms with E-state index in [1.165, 1.54) is 6.33 Å².